The molecule has 0 spiro atoms. The van der Waals surface area contributed by atoms with Gasteiger partial charge in [0.25, 0.3) is 5.91 Å². The molecular formula is C24H22ClFN4O5S2. The van der Waals surface area contributed by atoms with Crippen LogP contribution in [0, 0.1) is 5.82 Å². The summed E-state index contributed by atoms with van der Waals surface area (Å²) < 4.78 is 69.2. The molecule has 0 saturated carbocycles. The molecule has 194 valence electrons. The summed E-state index contributed by atoms with van der Waals surface area (Å²) in [7, 11) is -8.17. The van der Waals surface area contributed by atoms with Crippen molar-refractivity contribution in [2.45, 2.75) is 15.8 Å². The number of carbonyl (C=O) groups excluding carboxylic acids is 1. The maximum atomic E-state index is 14.0. The quantitative estimate of drug-likeness (QED) is 0.350. The van der Waals surface area contributed by atoms with Crippen molar-refractivity contribution >= 4 is 43.8 Å². The molecule has 1 aliphatic heterocycles. The number of piperazine rings is 1. The third-order valence-corrected chi connectivity index (χ3v) is 9.83. The minimum absolute atomic E-state index is 0.0146. The van der Waals surface area contributed by atoms with E-state index >= 15 is 0 Å². The first-order chi connectivity index (χ1) is 17.6. The number of carbonyl (C=O) groups is 1. The maximum Gasteiger partial charge on any atom is 0.259 e. The van der Waals surface area contributed by atoms with Gasteiger partial charge in [0.05, 0.1) is 21.0 Å². The minimum atomic E-state index is -4.16. The molecule has 37 heavy (non-hydrogen) atoms. The first kappa shape index (κ1) is 26.9. The fraction of sp³-hybridized carbons (Fsp3) is 0.167. The first-order valence-electron chi connectivity index (χ1n) is 11.0. The van der Waals surface area contributed by atoms with E-state index in [-0.39, 0.29) is 33.5 Å². The van der Waals surface area contributed by atoms with Gasteiger partial charge in [0.1, 0.15) is 11.9 Å². The van der Waals surface area contributed by atoms with Crippen LogP contribution in [-0.4, -0.2) is 63.2 Å². The van der Waals surface area contributed by atoms with Crippen LogP contribution in [0.4, 0.5) is 4.39 Å². The Kier molecular flexibility index (Phi) is 8.05. The van der Waals surface area contributed by atoms with Crippen LogP contribution in [0.25, 0.3) is 0 Å². The molecule has 9 nitrogen and oxygen atoms in total. The number of nitrogens with one attached hydrogen (secondary N) is 1. The van der Waals surface area contributed by atoms with Crippen LogP contribution in [0.2, 0.25) is 5.02 Å². The number of sulfonamides is 2. The van der Waals surface area contributed by atoms with Gasteiger partial charge in [-0.25, -0.2) is 26.7 Å². The summed E-state index contributed by atoms with van der Waals surface area (Å²) in [4.78, 5) is 13.1. The minimum Gasteiger partial charge on any atom is -0.271 e. The Morgan fingerprint density at radius 3 is 2.08 bits per heavy atom. The summed E-state index contributed by atoms with van der Waals surface area (Å²) in [5.74, 6) is -1.56. The number of rotatable bonds is 7. The summed E-state index contributed by atoms with van der Waals surface area (Å²) in [6.45, 7) is -0.892. The monoisotopic (exact) mass is 564 g/mol. The van der Waals surface area contributed by atoms with Crippen molar-refractivity contribution in [3.8, 4) is 0 Å². The summed E-state index contributed by atoms with van der Waals surface area (Å²) in [5.41, 5.74) is 2.12. The molecule has 1 saturated heterocycles. The lowest BCUT2D eigenvalue weighted by Crippen LogP contribution is -2.60. The molecule has 0 aliphatic carbocycles. The van der Waals surface area contributed by atoms with Crippen LogP contribution in [0.5, 0.6) is 0 Å². The highest BCUT2D eigenvalue weighted by atomic mass is 35.5. The van der Waals surface area contributed by atoms with Crippen molar-refractivity contribution in [1.29, 1.82) is 0 Å². The van der Waals surface area contributed by atoms with Gasteiger partial charge in [0.15, 0.2) is 0 Å². The van der Waals surface area contributed by atoms with E-state index in [1.165, 1.54) is 36.4 Å². The molecule has 0 aromatic heterocycles. The molecule has 1 amide bonds. The van der Waals surface area contributed by atoms with Crippen molar-refractivity contribution in [3.63, 3.8) is 0 Å². The van der Waals surface area contributed by atoms with E-state index in [2.05, 4.69) is 10.5 Å². The number of benzene rings is 3. The molecule has 1 aliphatic rings. The van der Waals surface area contributed by atoms with Gasteiger partial charge in [-0.2, -0.15) is 13.7 Å². The molecule has 3 aromatic rings. The zero-order valence-electron chi connectivity index (χ0n) is 19.2. The average Bonchev–Trinajstić information content (AvgIpc) is 2.91. The first-order valence-corrected chi connectivity index (χ1v) is 14.3. The molecule has 1 N–H and O–H groups in total. The number of hydrogen-bond acceptors (Lipinski definition) is 6. The molecule has 4 rings (SSSR count). The average molecular weight is 565 g/mol. The normalized spacial score (nSPS) is 17.6. The number of amides is 1. The van der Waals surface area contributed by atoms with Crippen molar-refractivity contribution in [3.05, 3.63) is 95.3 Å². The fourth-order valence-corrected chi connectivity index (χ4v) is 7.06. The second-order valence-corrected chi connectivity index (χ2v) is 12.2. The number of nitrogens with zero attached hydrogens (tertiary/aromatic N) is 3. The maximum absolute atomic E-state index is 14.0. The molecule has 1 atom stereocenters. The summed E-state index contributed by atoms with van der Waals surface area (Å²) in [6, 6.07) is 17.7. The highest BCUT2D eigenvalue weighted by molar-refractivity contribution is 7.89. The van der Waals surface area contributed by atoms with E-state index in [4.69, 9.17) is 11.6 Å². The molecular weight excluding hydrogens is 543 g/mol. The number of halogens is 2. The van der Waals surface area contributed by atoms with Crippen LogP contribution in [0.1, 0.15) is 5.56 Å². The second-order valence-electron chi connectivity index (χ2n) is 7.99. The van der Waals surface area contributed by atoms with E-state index in [1.807, 2.05) is 0 Å². The molecule has 3 aromatic carbocycles. The van der Waals surface area contributed by atoms with Gasteiger partial charge >= 0.3 is 0 Å². The highest BCUT2D eigenvalue weighted by Gasteiger charge is 2.43. The van der Waals surface area contributed by atoms with Crippen LogP contribution in [0.3, 0.4) is 0 Å². The Bertz CT molecular complexity index is 1500. The van der Waals surface area contributed by atoms with Gasteiger partial charge < -0.3 is 0 Å². The summed E-state index contributed by atoms with van der Waals surface area (Å²) >= 11 is 5.97. The predicted molar refractivity (Wildman–Crippen MR) is 136 cm³/mol. The topological polar surface area (TPSA) is 116 Å². The molecule has 0 radical (unpaired) electrons. The Morgan fingerprint density at radius 2 is 1.49 bits per heavy atom. The van der Waals surface area contributed by atoms with E-state index in [0.29, 0.717) is 0 Å². The smallest absolute Gasteiger partial charge is 0.259 e. The van der Waals surface area contributed by atoms with Gasteiger partial charge in [-0.1, -0.05) is 54.1 Å². The Balaban J connectivity index is 1.64. The zero-order chi connectivity index (χ0) is 26.6. The Morgan fingerprint density at radius 1 is 0.892 bits per heavy atom. The van der Waals surface area contributed by atoms with Crippen molar-refractivity contribution in [2.24, 2.45) is 5.10 Å². The summed E-state index contributed by atoms with van der Waals surface area (Å²) in [6.07, 6.45) is 0.993. The van der Waals surface area contributed by atoms with E-state index in [1.54, 1.807) is 36.4 Å². The third kappa shape index (κ3) is 5.73. The van der Waals surface area contributed by atoms with Gasteiger partial charge in [0, 0.05) is 25.2 Å². The van der Waals surface area contributed by atoms with Crippen LogP contribution in [-0.2, 0) is 24.8 Å². The lowest BCUT2D eigenvalue weighted by molar-refractivity contribution is -0.125. The number of hydrazone groups is 1. The SMILES string of the molecule is O=C(N/N=C\c1c(F)cccc1Cl)[C@@H]1CN(S(=O)(=O)c2ccccc2)CCN1S(=O)(=O)c1ccccc1. The summed E-state index contributed by atoms with van der Waals surface area (Å²) in [5, 5.41) is 3.79. The highest BCUT2D eigenvalue weighted by Crippen LogP contribution is 2.25. The van der Waals surface area contributed by atoms with Gasteiger partial charge in [-0.15, -0.1) is 0 Å². The van der Waals surface area contributed by atoms with Crippen LogP contribution in [0.15, 0.2) is 93.8 Å². The molecule has 0 unspecified atom stereocenters. The molecule has 0 bridgehead atoms. The standard InChI is InChI=1S/C24H22ClFN4O5S2/c25-21-12-7-13-22(26)20(21)16-27-28-24(31)23-17-29(36(32,33)18-8-3-1-4-9-18)14-15-30(23)37(34,35)19-10-5-2-6-11-19/h1-13,16,23H,14-15,17H2,(H,28,31)/b27-16-/t23-/m0/s1. The molecule has 1 fully saturated rings. The van der Waals surface area contributed by atoms with Gasteiger partial charge in [-0.3, -0.25) is 4.79 Å². The lowest BCUT2D eigenvalue weighted by atomic mass is 10.2. The van der Waals surface area contributed by atoms with E-state index in [0.717, 1.165) is 20.9 Å². The van der Waals surface area contributed by atoms with Crippen LogP contribution >= 0.6 is 11.6 Å². The van der Waals surface area contributed by atoms with Crippen LogP contribution < -0.4 is 5.43 Å². The third-order valence-electron chi connectivity index (χ3n) is 5.70. The fourth-order valence-electron chi connectivity index (χ4n) is 3.80. The van der Waals surface area contributed by atoms with Crippen molar-refractivity contribution < 1.29 is 26.0 Å². The Labute approximate surface area is 219 Å². The second kappa shape index (κ2) is 11.1. The van der Waals surface area contributed by atoms with Gasteiger partial charge in [-0.05, 0) is 36.4 Å². The molecule has 13 heteroatoms. The van der Waals surface area contributed by atoms with Gasteiger partial charge in [0.2, 0.25) is 20.0 Å². The molecule has 1 heterocycles. The Hall–Kier alpha value is -3.16. The number of hydrogen-bond donors (Lipinski definition) is 1. The van der Waals surface area contributed by atoms with Crippen molar-refractivity contribution in [2.75, 3.05) is 19.6 Å². The van der Waals surface area contributed by atoms with Crippen molar-refractivity contribution in [1.82, 2.24) is 14.0 Å². The lowest BCUT2D eigenvalue weighted by Gasteiger charge is -2.38. The zero-order valence-corrected chi connectivity index (χ0v) is 21.6. The predicted octanol–water partition coefficient (Wildman–Crippen LogP) is 2.69. The van der Waals surface area contributed by atoms with E-state index < -0.39 is 44.4 Å². The largest absolute Gasteiger partial charge is 0.271 e. The van der Waals surface area contributed by atoms with E-state index in [9.17, 15) is 26.0 Å².